The highest BCUT2D eigenvalue weighted by Crippen LogP contribution is 2.48. The number of alkyl halides is 1. The van der Waals surface area contributed by atoms with Crippen LogP contribution < -0.4 is 9.46 Å². The van der Waals surface area contributed by atoms with Crippen LogP contribution in [0.4, 0.5) is 5.88 Å². The van der Waals surface area contributed by atoms with Crippen LogP contribution >= 0.6 is 39.1 Å². The number of nitrogens with one attached hydrogen (secondary N) is 1. The van der Waals surface area contributed by atoms with Gasteiger partial charge in [-0.1, -0.05) is 39.1 Å². The molecule has 0 saturated carbocycles. The van der Waals surface area contributed by atoms with E-state index in [2.05, 4.69) is 20.7 Å². The van der Waals surface area contributed by atoms with E-state index in [4.69, 9.17) is 32.4 Å². The highest BCUT2D eigenvalue weighted by Gasteiger charge is 2.28. The minimum absolute atomic E-state index is 0.157. The van der Waals surface area contributed by atoms with E-state index < -0.39 is 33.4 Å². The second-order valence-electron chi connectivity index (χ2n) is 5.12. The van der Waals surface area contributed by atoms with Gasteiger partial charge in [0.15, 0.2) is 5.76 Å². The molecule has 2 N–H and O–H groups in total. The minimum atomic E-state index is -3.79. The number of carbonyl (C=O) groups is 1. The zero-order chi connectivity index (χ0) is 19.5. The molecule has 0 unspecified atom stereocenters. The molecule has 0 fully saturated rings. The van der Waals surface area contributed by atoms with Crippen molar-refractivity contribution in [3.05, 3.63) is 28.2 Å². The molecular weight excluding hydrogens is 473 g/mol. The summed E-state index contributed by atoms with van der Waals surface area (Å²) in [6.45, 7) is 1.10. The number of hydrogen-bond acceptors (Lipinski definition) is 6. The molecule has 7 nitrogen and oxygen atoms in total. The molecule has 0 bridgehead atoms. The Morgan fingerprint density at radius 2 is 2.08 bits per heavy atom. The van der Waals surface area contributed by atoms with Crippen LogP contribution in [0, 0.1) is 0 Å². The van der Waals surface area contributed by atoms with Gasteiger partial charge in [-0.15, -0.1) is 0 Å². The van der Waals surface area contributed by atoms with Gasteiger partial charge in [-0.3, -0.25) is 4.79 Å². The summed E-state index contributed by atoms with van der Waals surface area (Å²) in [6, 6.07) is 4.41. The number of hydrogen-bond donors (Lipinski definition) is 2. The third-order valence-corrected chi connectivity index (χ3v) is 5.49. The number of halogens is 3. The molecule has 0 aliphatic carbocycles. The number of rotatable bonds is 7. The Labute approximate surface area is 168 Å². The maximum Gasteiger partial charge on any atom is 0.308 e. The van der Waals surface area contributed by atoms with Crippen molar-refractivity contribution >= 4 is 61.0 Å². The molecule has 11 heteroatoms. The lowest BCUT2D eigenvalue weighted by Crippen LogP contribution is -2.17. The Hall–Kier alpha value is -1.42. The number of sulfonamides is 1. The predicted octanol–water partition coefficient (Wildman–Crippen LogP) is 4.41. The first-order valence-electron chi connectivity index (χ1n) is 7.20. The SMILES string of the molecule is CC(=O)Oc1c(NS(=O)(=O)CCCBr)oc(-c2ccc(Cl)cc2Cl)c1O. The summed E-state index contributed by atoms with van der Waals surface area (Å²) >= 11 is 15.1. The average Bonchev–Trinajstić information content (AvgIpc) is 2.81. The van der Waals surface area contributed by atoms with Crippen LogP contribution in [0.2, 0.25) is 10.0 Å². The zero-order valence-corrected chi connectivity index (χ0v) is 17.3. The van der Waals surface area contributed by atoms with Crippen molar-refractivity contribution < 1.29 is 27.5 Å². The number of ether oxygens (including phenoxy) is 1. The second kappa shape index (κ2) is 8.51. The van der Waals surface area contributed by atoms with Gasteiger partial charge in [0.1, 0.15) is 0 Å². The maximum atomic E-state index is 12.1. The number of aromatic hydroxyl groups is 1. The van der Waals surface area contributed by atoms with Gasteiger partial charge in [0.05, 0.1) is 10.8 Å². The largest absolute Gasteiger partial charge is 0.502 e. The summed E-state index contributed by atoms with van der Waals surface area (Å²) in [4.78, 5) is 11.3. The lowest BCUT2D eigenvalue weighted by molar-refractivity contribution is -0.131. The molecule has 2 aromatic rings. The molecule has 2 rings (SSSR count). The van der Waals surface area contributed by atoms with E-state index in [9.17, 15) is 18.3 Å². The fraction of sp³-hybridized carbons (Fsp3) is 0.267. The third-order valence-electron chi connectivity index (χ3n) is 3.06. The van der Waals surface area contributed by atoms with Crippen LogP contribution in [0.15, 0.2) is 22.6 Å². The number of anilines is 1. The van der Waals surface area contributed by atoms with Crippen molar-refractivity contribution in [3.63, 3.8) is 0 Å². The quantitative estimate of drug-likeness (QED) is 0.443. The fourth-order valence-corrected chi connectivity index (χ4v) is 4.20. The van der Waals surface area contributed by atoms with Crippen LogP contribution in [0.25, 0.3) is 11.3 Å². The van der Waals surface area contributed by atoms with Gasteiger partial charge in [0, 0.05) is 22.8 Å². The Morgan fingerprint density at radius 3 is 2.65 bits per heavy atom. The van der Waals surface area contributed by atoms with Gasteiger partial charge in [0.25, 0.3) is 5.88 Å². The van der Waals surface area contributed by atoms with Gasteiger partial charge in [0.2, 0.25) is 21.5 Å². The normalized spacial score (nSPS) is 11.4. The zero-order valence-electron chi connectivity index (χ0n) is 13.4. The maximum absolute atomic E-state index is 12.1. The molecule has 0 atom stereocenters. The lowest BCUT2D eigenvalue weighted by atomic mass is 10.1. The van der Waals surface area contributed by atoms with Crippen molar-refractivity contribution in [2.45, 2.75) is 13.3 Å². The van der Waals surface area contributed by atoms with Crippen molar-refractivity contribution in [2.75, 3.05) is 15.8 Å². The van der Waals surface area contributed by atoms with Crippen LogP contribution in [0.3, 0.4) is 0 Å². The number of furan rings is 1. The molecule has 0 amide bonds. The van der Waals surface area contributed by atoms with Crippen molar-refractivity contribution in [3.8, 4) is 22.8 Å². The predicted molar refractivity (Wildman–Crippen MR) is 103 cm³/mol. The molecule has 1 aromatic carbocycles. The first-order valence-corrected chi connectivity index (χ1v) is 10.7. The van der Waals surface area contributed by atoms with E-state index >= 15 is 0 Å². The molecule has 0 aliphatic rings. The van der Waals surface area contributed by atoms with Gasteiger partial charge in [-0.2, -0.15) is 0 Å². The van der Waals surface area contributed by atoms with Gasteiger partial charge >= 0.3 is 5.97 Å². The Kier molecular flexibility index (Phi) is 6.84. The highest BCUT2D eigenvalue weighted by atomic mass is 79.9. The third kappa shape index (κ3) is 5.06. The molecule has 0 radical (unpaired) electrons. The summed E-state index contributed by atoms with van der Waals surface area (Å²) in [5.41, 5.74) is 0.243. The molecule has 1 aromatic heterocycles. The van der Waals surface area contributed by atoms with Gasteiger partial charge in [-0.25, -0.2) is 13.1 Å². The van der Waals surface area contributed by atoms with E-state index in [1.165, 1.54) is 18.2 Å². The summed E-state index contributed by atoms with van der Waals surface area (Å²) in [7, 11) is -3.79. The highest BCUT2D eigenvalue weighted by molar-refractivity contribution is 9.09. The number of carbonyl (C=O) groups excluding carboxylic acids is 1. The standard InChI is InChI=1S/C15H14BrCl2NO6S/c1-8(20)24-14-12(21)13(10-4-3-9(17)7-11(10)18)25-15(14)19-26(22,23)6-2-5-16/h3-4,7,19,21H,2,5-6H2,1H3. The van der Waals surface area contributed by atoms with E-state index in [1.54, 1.807) is 0 Å². The van der Waals surface area contributed by atoms with Gasteiger partial charge in [-0.05, 0) is 24.6 Å². The van der Waals surface area contributed by atoms with Crippen molar-refractivity contribution in [2.24, 2.45) is 0 Å². The van der Waals surface area contributed by atoms with Crippen LogP contribution in [0.5, 0.6) is 11.5 Å². The van der Waals surface area contributed by atoms with Gasteiger partial charge < -0.3 is 14.3 Å². The number of esters is 1. The van der Waals surface area contributed by atoms with E-state index in [0.29, 0.717) is 16.8 Å². The molecule has 142 valence electrons. The molecule has 1 heterocycles. The molecule has 0 spiro atoms. The fourth-order valence-electron chi connectivity index (χ4n) is 2.01. The average molecular weight is 487 g/mol. The van der Waals surface area contributed by atoms with E-state index in [0.717, 1.165) is 6.92 Å². The summed E-state index contributed by atoms with van der Waals surface area (Å²) in [6.07, 6.45) is 0.348. The second-order valence-corrected chi connectivity index (χ2v) is 8.60. The molecular formula is C15H14BrCl2NO6S. The molecule has 0 saturated heterocycles. The summed E-state index contributed by atoms with van der Waals surface area (Å²) in [5.74, 6) is -2.57. The van der Waals surface area contributed by atoms with Crippen molar-refractivity contribution in [1.82, 2.24) is 0 Å². The molecule has 26 heavy (non-hydrogen) atoms. The monoisotopic (exact) mass is 485 g/mol. The summed E-state index contributed by atoms with van der Waals surface area (Å²) in [5, 5.41) is 11.4. The van der Waals surface area contributed by atoms with Crippen molar-refractivity contribution in [1.29, 1.82) is 0 Å². The first kappa shape index (κ1) is 20.9. The van der Waals surface area contributed by atoms with Crippen LogP contribution in [0.1, 0.15) is 13.3 Å². The lowest BCUT2D eigenvalue weighted by Gasteiger charge is -2.06. The Balaban J connectivity index is 2.52. The van der Waals surface area contributed by atoms with Crippen LogP contribution in [-0.2, 0) is 14.8 Å². The first-order chi connectivity index (χ1) is 12.1. The number of benzene rings is 1. The Morgan fingerprint density at radius 1 is 1.38 bits per heavy atom. The molecule has 0 aliphatic heterocycles. The summed E-state index contributed by atoms with van der Waals surface area (Å²) < 4.78 is 36.7. The smallest absolute Gasteiger partial charge is 0.308 e. The minimum Gasteiger partial charge on any atom is -0.502 e. The van der Waals surface area contributed by atoms with E-state index in [1.807, 2.05) is 0 Å². The van der Waals surface area contributed by atoms with Crippen LogP contribution in [-0.4, -0.2) is 30.6 Å². The van der Waals surface area contributed by atoms with E-state index in [-0.39, 0.29) is 22.1 Å². The topological polar surface area (TPSA) is 106 Å². The Bertz CT molecular complexity index is 928.